The van der Waals surface area contributed by atoms with Gasteiger partial charge in [-0.1, -0.05) is 31.2 Å². The molecule has 33 heavy (non-hydrogen) atoms. The monoisotopic (exact) mass is 500 g/mol. The lowest BCUT2D eigenvalue weighted by atomic mass is 10.2. The van der Waals surface area contributed by atoms with E-state index < -0.39 is 26.9 Å². The molecule has 0 saturated carbocycles. The van der Waals surface area contributed by atoms with Gasteiger partial charge in [0.05, 0.1) is 11.2 Å². The lowest BCUT2D eigenvalue weighted by Crippen LogP contribution is -2.38. The number of alkyl halides is 3. The van der Waals surface area contributed by atoms with Crippen molar-refractivity contribution in [3.63, 3.8) is 0 Å². The molecule has 0 bridgehead atoms. The van der Waals surface area contributed by atoms with Crippen molar-refractivity contribution in [3.8, 4) is 11.3 Å². The number of hydrogen-bond donors (Lipinski definition) is 1. The van der Waals surface area contributed by atoms with Gasteiger partial charge in [0.2, 0.25) is 0 Å². The van der Waals surface area contributed by atoms with Gasteiger partial charge >= 0.3 is 12.3 Å². The highest BCUT2D eigenvalue weighted by atomic mass is 35.5. The smallest absolute Gasteiger partial charge is 0.413 e. The van der Waals surface area contributed by atoms with E-state index in [0.29, 0.717) is 17.9 Å². The van der Waals surface area contributed by atoms with Crippen molar-refractivity contribution < 1.29 is 27.8 Å². The maximum absolute atomic E-state index is 12.9. The molecule has 0 spiro atoms. The third-order valence-electron chi connectivity index (χ3n) is 4.86. The summed E-state index contributed by atoms with van der Waals surface area (Å²) >= 11 is 6.08. The molecule has 178 valence electrons. The van der Waals surface area contributed by atoms with Crippen LogP contribution >= 0.6 is 11.6 Å². The molecule has 1 N–H and O–H groups in total. The molecular formula is C21H24ClF3N4O3Si. The second kappa shape index (κ2) is 9.70. The number of aromatic nitrogens is 3. The van der Waals surface area contributed by atoms with Crippen molar-refractivity contribution >= 4 is 42.5 Å². The summed E-state index contributed by atoms with van der Waals surface area (Å²) in [5, 5.41) is 10.3. The van der Waals surface area contributed by atoms with Gasteiger partial charge in [0.15, 0.2) is 0 Å². The molecule has 1 amide bonds. The number of ether oxygens (including phenoxy) is 1. The first-order valence-electron chi connectivity index (χ1n) is 10.1. The Kier molecular flexibility index (Phi) is 7.35. The van der Waals surface area contributed by atoms with Crippen LogP contribution in [0.5, 0.6) is 0 Å². The zero-order valence-corrected chi connectivity index (χ0v) is 20.1. The first kappa shape index (κ1) is 25.0. The molecule has 0 fully saturated rings. The molecule has 0 aliphatic rings. The van der Waals surface area contributed by atoms with Crippen LogP contribution in [0.1, 0.15) is 0 Å². The van der Waals surface area contributed by atoms with Crippen LogP contribution in [0.2, 0.25) is 30.8 Å². The fraction of sp³-hybridized carbons (Fsp3) is 0.381. The van der Waals surface area contributed by atoms with Crippen LogP contribution in [0.25, 0.3) is 22.2 Å². The van der Waals surface area contributed by atoms with Crippen molar-refractivity contribution in [1.82, 2.24) is 14.5 Å². The summed E-state index contributed by atoms with van der Waals surface area (Å²) in [6.07, 6.45) is -3.59. The third-order valence-corrected chi connectivity index (χ3v) is 6.77. The molecule has 3 aromatic rings. The van der Waals surface area contributed by atoms with E-state index in [1.807, 2.05) is 4.57 Å². The predicted octanol–water partition coefficient (Wildman–Crippen LogP) is 6.11. The minimum atomic E-state index is -4.71. The van der Waals surface area contributed by atoms with E-state index in [1.54, 1.807) is 24.4 Å². The van der Waals surface area contributed by atoms with Crippen molar-refractivity contribution in [1.29, 1.82) is 0 Å². The summed E-state index contributed by atoms with van der Waals surface area (Å²) < 4.78 is 46.5. The van der Waals surface area contributed by atoms with Gasteiger partial charge in [-0.05, 0) is 30.3 Å². The van der Waals surface area contributed by atoms with Crippen LogP contribution in [0.4, 0.5) is 23.8 Å². The largest absolute Gasteiger partial charge is 0.465 e. The van der Waals surface area contributed by atoms with Gasteiger partial charge in [-0.3, -0.25) is 4.90 Å². The van der Waals surface area contributed by atoms with Crippen molar-refractivity contribution in [2.24, 2.45) is 0 Å². The minimum Gasteiger partial charge on any atom is -0.465 e. The molecule has 0 radical (unpaired) electrons. The van der Waals surface area contributed by atoms with E-state index in [1.165, 1.54) is 12.3 Å². The van der Waals surface area contributed by atoms with Gasteiger partial charge < -0.3 is 14.4 Å². The second-order valence-electron chi connectivity index (χ2n) is 8.76. The van der Waals surface area contributed by atoms with E-state index in [9.17, 15) is 23.1 Å². The van der Waals surface area contributed by atoms with Crippen molar-refractivity contribution in [2.45, 2.75) is 38.6 Å². The van der Waals surface area contributed by atoms with Gasteiger partial charge in [0.25, 0.3) is 0 Å². The second-order valence-corrected chi connectivity index (χ2v) is 14.8. The number of rotatable bonds is 8. The molecule has 3 rings (SSSR count). The zero-order chi connectivity index (χ0) is 24.4. The zero-order valence-electron chi connectivity index (χ0n) is 18.4. The first-order chi connectivity index (χ1) is 15.3. The minimum absolute atomic E-state index is 0.166. The summed E-state index contributed by atoms with van der Waals surface area (Å²) in [6, 6.07) is 7.35. The molecule has 0 atom stereocenters. The standard InChI is InChI=1S/C21H24ClF3N4O3Si/c1-33(2,3)7-6-32-13-29-16(8-15-11-27-18(22)10-17(15)29)14-4-5-26-19(9-14)28(20(30)31)12-21(23,24)25/h4-5,8-11H,6-7,12-13H2,1-3H3,(H,30,31). The van der Waals surface area contributed by atoms with Gasteiger partial charge in [0.1, 0.15) is 24.2 Å². The molecule has 0 unspecified atom stereocenters. The molecule has 0 aliphatic heterocycles. The highest BCUT2D eigenvalue weighted by Gasteiger charge is 2.34. The normalized spacial score (nSPS) is 12.3. The molecule has 0 aromatic carbocycles. The van der Waals surface area contributed by atoms with Crippen LogP contribution < -0.4 is 4.90 Å². The lowest BCUT2D eigenvalue weighted by molar-refractivity contribution is -0.119. The van der Waals surface area contributed by atoms with Gasteiger partial charge in [-0.25, -0.2) is 14.8 Å². The number of fused-ring (bicyclic) bond motifs is 1. The number of amides is 1. The van der Waals surface area contributed by atoms with Crippen LogP contribution in [0.3, 0.4) is 0 Å². The average Bonchev–Trinajstić information content (AvgIpc) is 3.06. The molecule has 0 aliphatic carbocycles. The van der Waals surface area contributed by atoms with E-state index in [-0.39, 0.29) is 22.6 Å². The topological polar surface area (TPSA) is 80.5 Å². The predicted molar refractivity (Wildman–Crippen MR) is 124 cm³/mol. The summed E-state index contributed by atoms with van der Waals surface area (Å²) in [7, 11) is -1.30. The maximum atomic E-state index is 12.9. The Bertz CT molecular complexity index is 1150. The lowest BCUT2D eigenvalue weighted by Gasteiger charge is -2.20. The first-order valence-corrected chi connectivity index (χ1v) is 14.2. The molecular weight excluding hydrogens is 477 g/mol. The number of halogens is 4. The number of anilines is 1. The van der Waals surface area contributed by atoms with Gasteiger partial charge in [-0.15, -0.1) is 0 Å². The Labute approximate surface area is 194 Å². The molecule has 12 heteroatoms. The Morgan fingerprint density at radius 2 is 1.97 bits per heavy atom. The summed E-state index contributed by atoms with van der Waals surface area (Å²) in [5.74, 6) is -0.329. The van der Waals surface area contributed by atoms with Crippen LogP contribution in [0.15, 0.2) is 36.7 Å². The fourth-order valence-electron chi connectivity index (χ4n) is 3.19. The van der Waals surface area contributed by atoms with Crippen LogP contribution in [-0.4, -0.2) is 53.1 Å². The summed E-state index contributed by atoms with van der Waals surface area (Å²) in [4.78, 5) is 19.6. The fourth-order valence-corrected chi connectivity index (χ4v) is 4.10. The number of nitrogens with zero attached hydrogens (tertiary/aromatic N) is 4. The summed E-state index contributed by atoms with van der Waals surface area (Å²) in [5.41, 5.74) is 1.83. The Hall–Kier alpha value is -2.63. The Morgan fingerprint density at radius 1 is 1.24 bits per heavy atom. The summed E-state index contributed by atoms with van der Waals surface area (Å²) in [6.45, 7) is 5.81. The Balaban J connectivity index is 2.00. The van der Waals surface area contributed by atoms with Crippen LogP contribution in [-0.2, 0) is 11.5 Å². The average molecular weight is 501 g/mol. The number of carboxylic acid groups (broad SMARTS) is 1. The maximum Gasteiger partial charge on any atom is 0.413 e. The van der Waals surface area contributed by atoms with E-state index in [2.05, 4.69) is 29.6 Å². The van der Waals surface area contributed by atoms with Gasteiger partial charge in [-0.2, -0.15) is 13.2 Å². The van der Waals surface area contributed by atoms with Crippen molar-refractivity contribution in [3.05, 3.63) is 41.8 Å². The van der Waals surface area contributed by atoms with Crippen molar-refractivity contribution in [2.75, 3.05) is 18.1 Å². The number of hydrogen-bond acceptors (Lipinski definition) is 4. The van der Waals surface area contributed by atoms with Crippen LogP contribution in [0, 0.1) is 0 Å². The van der Waals surface area contributed by atoms with E-state index in [0.717, 1.165) is 16.9 Å². The SMILES string of the molecule is C[Si](C)(C)CCOCn1c(-c2ccnc(N(CC(F)(F)F)C(=O)O)c2)cc2cnc(Cl)cc21. The quantitative estimate of drug-likeness (QED) is 0.229. The molecule has 3 aromatic heterocycles. The molecule has 7 nitrogen and oxygen atoms in total. The molecule has 0 saturated heterocycles. The van der Waals surface area contributed by atoms with E-state index in [4.69, 9.17) is 16.3 Å². The van der Waals surface area contributed by atoms with E-state index >= 15 is 0 Å². The third kappa shape index (κ3) is 6.68. The van der Waals surface area contributed by atoms with Gasteiger partial charge in [0, 0.05) is 38.0 Å². The highest BCUT2D eigenvalue weighted by Crippen LogP contribution is 2.31. The molecule has 3 heterocycles. The number of carbonyl (C=O) groups is 1. The number of pyridine rings is 2. The Morgan fingerprint density at radius 3 is 2.61 bits per heavy atom. The highest BCUT2D eigenvalue weighted by molar-refractivity contribution is 6.76.